The average Bonchev–Trinajstić information content (AvgIpc) is 2.35. The second kappa shape index (κ2) is 18.2. The van der Waals surface area contributed by atoms with E-state index in [9.17, 15) is 0 Å². The van der Waals surface area contributed by atoms with E-state index in [-0.39, 0.29) is 0 Å². The van der Waals surface area contributed by atoms with E-state index in [0.717, 1.165) is 94.0 Å². The zero-order chi connectivity index (χ0) is 53.8. The van der Waals surface area contributed by atoms with Crippen molar-refractivity contribution in [2.45, 2.75) is 0 Å². The molecule has 0 amide bonds. The number of benzene rings is 12. The summed E-state index contributed by atoms with van der Waals surface area (Å²) >= 11 is 0. The van der Waals surface area contributed by atoms with Gasteiger partial charge in [0.2, 0.25) is 5.95 Å². The van der Waals surface area contributed by atoms with Gasteiger partial charge in [-0.1, -0.05) is 206 Å². The third-order valence-corrected chi connectivity index (χ3v) is 16.6. The molecule has 82 heavy (non-hydrogen) atoms. The summed E-state index contributed by atoms with van der Waals surface area (Å²) in [5.41, 5.74) is 18.4. The van der Waals surface area contributed by atoms with Crippen LogP contribution in [0.15, 0.2) is 285 Å². The highest BCUT2D eigenvalue weighted by Gasteiger charge is 2.26. The Bertz CT molecular complexity index is 5270. The number of rotatable bonds is 8. The van der Waals surface area contributed by atoms with Crippen LogP contribution in [0.25, 0.3) is 155 Å². The molecule has 12 aromatic carbocycles. The maximum atomic E-state index is 5.57. The first-order valence-corrected chi connectivity index (χ1v) is 27.8. The van der Waals surface area contributed by atoms with Crippen LogP contribution in [0, 0.1) is 0 Å². The van der Waals surface area contributed by atoms with E-state index >= 15 is 0 Å². The molecule has 0 N–H and O–H groups in total. The van der Waals surface area contributed by atoms with Crippen molar-refractivity contribution in [3.63, 3.8) is 0 Å². The first-order valence-electron chi connectivity index (χ1n) is 27.8. The Morgan fingerprint density at radius 3 is 1.06 bits per heavy atom. The minimum absolute atomic E-state index is 0.524. The average molecular weight is 1050 g/mol. The summed E-state index contributed by atoms with van der Waals surface area (Å²) in [5.74, 6) is 1.69. The molecule has 5 aromatic heterocycles. The van der Waals surface area contributed by atoms with Crippen LogP contribution in [-0.2, 0) is 0 Å². The van der Waals surface area contributed by atoms with E-state index in [0.29, 0.717) is 17.6 Å². The summed E-state index contributed by atoms with van der Waals surface area (Å²) in [6, 6.07) is 102. The lowest BCUT2D eigenvalue weighted by Gasteiger charge is -2.14. The monoisotopic (exact) mass is 1050 g/mol. The molecule has 0 radical (unpaired) electrons. The molecule has 0 saturated heterocycles. The molecule has 0 saturated carbocycles. The molecule has 0 aliphatic carbocycles. The molecule has 17 rings (SSSR count). The Morgan fingerprint density at radius 1 is 0.195 bits per heavy atom. The summed E-state index contributed by atoms with van der Waals surface area (Å²) < 4.78 is 9.56. The topological polar surface area (TPSA) is 58.4 Å². The van der Waals surface area contributed by atoms with Crippen LogP contribution in [-0.4, -0.2) is 33.2 Å². The van der Waals surface area contributed by atoms with Crippen molar-refractivity contribution in [1.29, 1.82) is 0 Å². The van der Waals surface area contributed by atoms with E-state index in [2.05, 4.69) is 285 Å². The van der Waals surface area contributed by atoms with Gasteiger partial charge < -0.3 is 13.7 Å². The summed E-state index contributed by atoms with van der Waals surface area (Å²) in [7, 11) is 0. The van der Waals surface area contributed by atoms with Gasteiger partial charge in [0.15, 0.2) is 11.6 Å². The number of para-hydroxylation sites is 5. The molecule has 382 valence electrons. The van der Waals surface area contributed by atoms with Gasteiger partial charge in [-0.05, 0) is 101 Å². The number of hydrogen-bond acceptors (Lipinski definition) is 3. The van der Waals surface area contributed by atoms with Crippen LogP contribution in [0.2, 0.25) is 0 Å². The SMILES string of the molecule is c1ccc(-c2cccc(-c3ccc(-c4nc(-c5ccccc5)nc(-n5c6ccc(-n7c8ccccc8c8ccccc87)cc6c6ccc7c8cc(-n9c%10ccccc%10c%10ccccc%109)ccc8n(-c8ccccc8)c7c65)n4)cc3)c2)cc1. The smallest absolute Gasteiger partial charge is 0.238 e. The molecular formula is C75H47N7. The predicted molar refractivity (Wildman–Crippen MR) is 339 cm³/mol. The quantitative estimate of drug-likeness (QED) is 0.152. The van der Waals surface area contributed by atoms with Gasteiger partial charge in [-0.2, -0.15) is 9.97 Å². The highest BCUT2D eigenvalue weighted by molar-refractivity contribution is 6.24. The highest BCUT2D eigenvalue weighted by atomic mass is 15.2. The Kier molecular flexibility index (Phi) is 10.2. The Balaban J connectivity index is 0.952. The normalized spacial score (nSPS) is 11.9. The Labute approximate surface area is 471 Å². The highest BCUT2D eigenvalue weighted by Crippen LogP contribution is 2.44. The zero-order valence-electron chi connectivity index (χ0n) is 44.3. The van der Waals surface area contributed by atoms with Crippen molar-refractivity contribution in [3.05, 3.63) is 285 Å². The lowest BCUT2D eigenvalue weighted by atomic mass is 9.98. The summed E-state index contributed by atoms with van der Waals surface area (Å²) in [5, 5.41) is 9.31. The number of hydrogen-bond donors (Lipinski definition) is 0. The second-order valence-corrected chi connectivity index (χ2v) is 21.2. The van der Waals surface area contributed by atoms with Gasteiger partial charge in [0, 0.05) is 71.3 Å². The molecule has 17 aromatic rings. The lowest BCUT2D eigenvalue weighted by Crippen LogP contribution is -2.07. The Morgan fingerprint density at radius 2 is 0.561 bits per heavy atom. The van der Waals surface area contributed by atoms with Crippen molar-refractivity contribution in [2.24, 2.45) is 0 Å². The van der Waals surface area contributed by atoms with E-state index in [1.54, 1.807) is 0 Å². The van der Waals surface area contributed by atoms with Crippen LogP contribution in [0.1, 0.15) is 0 Å². The maximum absolute atomic E-state index is 5.57. The molecule has 5 heterocycles. The van der Waals surface area contributed by atoms with Gasteiger partial charge in [-0.25, -0.2) is 4.98 Å². The molecule has 0 fully saturated rings. The van der Waals surface area contributed by atoms with Crippen molar-refractivity contribution in [2.75, 3.05) is 0 Å². The third kappa shape index (κ3) is 7.06. The van der Waals surface area contributed by atoms with E-state index in [1.807, 2.05) is 18.2 Å². The van der Waals surface area contributed by atoms with Gasteiger partial charge in [0.25, 0.3) is 0 Å². The van der Waals surface area contributed by atoms with E-state index in [1.165, 1.54) is 43.7 Å². The van der Waals surface area contributed by atoms with Crippen molar-refractivity contribution in [1.82, 2.24) is 33.2 Å². The first kappa shape index (κ1) is 45.8. The lowest BCUT2D eigenvalue weighted by molar-refractivity contribution is 0.953. The van der Waals surface area contributed by atoms with Gasteiger partial charge >= 0.3 is 0 Å². The summed E-state index contributed by atoms with van der Waals surface area (Å²) in [4.78, 5) is 16.4. The van der Waals surface area contributed by atoms with Crippen molar-refractivity contribution in [3.8, 4) is 68.0 Å². The van der Waals surface area contributed by atoms with Gasteiger partial charge in [-0.15, -0.1) is 0 Å². The molecule has 0 bridgehead atoms. The second-order valence-electron chi connectivity index (χ2n) is 21.2. The van der Waals surface area contributed by atoms with E-state index < -0.39 is 0 Å². The molecule has 0 spiro atoms. The fraction of sp³-hybridized carbons (Fsp3) is 0. The van der Waals surface area contributed by atoms with Gasteiger partial charge in [-0.3, -0.25) is 4.57 Å². The molecule has 0 aliphatic heterocycles. The molecule has 0 atom stereocenters. The van der Waals surface area contributed by atoms with Crippen LogP contribution < -0.4 is 0 Å². The molecular weight excluding hydrogens is 999 g/mol. The van der Waals surface area contributed by atoms with Crippen LogP contribution >= 0.6 is 0 Å². The zero-order valence-corrected chi connectivity index (χ0v) is 44.3. The maximum Gasteiger partial charge on any atom is 0.238 e. The summed E-state index contributed by atoms with van der Waals surface area (Å²) in [6.07, 6.45) is 0. The van der Waals surface area contributed by atoms with Crippen LogP contribution in [0.4, 0.5) is 0 Å². The fourth-order valence-corrected chi connectivity index (χ4v) is 12.9. The van der Waals surface area contributed by atoms with Crippen LogP contribution in [0.3, 0.4) is 0 Å². The third-order valence-electron chi connectivity index (χ3n) is 16.6. The molecule has 0 aliphatic rings. The largest absolute Gasteiger partial charge is 0.309 e. The van der Waals surface area contributed by atoms with Gasteiger partial charge in [0.1, 0.15) is 0 Å². The number of aromatic nitrogens is 7. The fourth-order valence-electron chi connectivity index (χ4n) is 12.9. The molecule has 7 nitrogen and oxygen atoms in total. The van der Waals surface area contributed by atoms with E-state index in [4.69, 9.17) is 15.0 Å². The van der Waals surface area contributed by atoms with Gasteiger partial charge in [0.05, 0.1) is 44.1 Å². The molecule has 0 unspecified atom stereocenters. The standard InChI is InChI=1S/C75H47N7/c1-4-19-48(20-5-1)52-23-18-24-53(45-52)49-35-37-51(38-36-49)74-76-73(50-21-6-2-7-22-50)77-75(78-74)82-70-44-40-56(80-67-33-16-12-29-59(67)60-30-13-17-34-68(60)80)47-64(70)62-42-41-61-63-46-55(79-65-31-14-10-27-57(65)58-28-11-15-32-66(58)79)39-43-69(63)81(71(61)72(62)82)54-25-8-3-9-26-54/h1-47H. The molecule has 7 heteroatoms. The Hall–Kier alpha value is -11.2. The minimum atomic E-state index is 0.524. The van der Waals surface area contributed by atoms with Crippen molar-refractivity contribution >= 4 is 87.2 Å². The first-order chi connectivity index (χ1) is 40.7. The predicted octanol–water partition coefficient (Wildman–Crippen LogP) is 18.9. The summed E-state index contributed by atoms with van der Waals surface area (Å²) in [6.45, 7) is 0. The number of fused-ring (bicyclic) bond motifs is 13. The van der Waals surface area contributed by atoms with Crippen LogP contribution in [0.5, 0.6) is 0 Å². The minimum Gasteiger partial charge on any atom is -0.309 e. The van der Waals surface area contributed by atoms with Crippen molar-refractivity contribution < 1.29 is 0 Å². The number of nitrogens with zero attached hydrogens (tertiary/aromatic N) is 7.